The van der Waals surface area contributed by atoms with Gasteiger partial charge in [-0.1, -0.05) is 42.5 Å². The highest BCUT2D eigenvalue weighted by molar-refractivity contribution is 5.76. The lowest BCUT2D eigenvalue weighted by molar-refractivity contribution is -0.122. The summed E-state index contributed by atoms with van der Waals surface area (Å²) in [4.78, 5) is 12.6. The number of amides is 1. The molecule has 0 heterocycles. The fourth-order valence-electron chi connectivity index (χ4n) is 3.74. The van der Waals surface area contributed by atoms with Crippen molar-refractivity contribution >= 4 is 5.91 Å². The maximum atomic E-state index is 13.7. The number of hydrogen-bond acceptors (Lipinski definition) is 4. The summed E-state index contributed by atoms with van der Waals surface area (Å²) in [7, 11) is 1.59. The van der Waals surface area contributed by atoms with Gasteiger partial charge in [0.25, 0.3) is 0 Å². The van der Waals surface area contributed by atoms with E-state index in [-0.39, 0.29) is 25.3 Å². The van der Waals surface area contributed by atoms with E-state index >= 15 is 0 Å². The highest BCUT2D eigenvalue weighted by Crippen LogP contribution is 2.14. The monoisotopic (exact) mass is 468 g/mol. The molecule has 0 aliphatic heterocycles. The minimum absolute atomic E-state index is 0.0910. The first-order valence-electron chi connectivity index (χ1n) is 11.2. The second-order valence-corrected chi connectivity index (χ2v) is 8.19. The van der Waals surface area contributed by atoms with Crippen molar-refractivity contribution in [2.24, 2.45) is 0 Å². The fraction of sp³-hybridized carbons (Fsp3) is 0.296. The molecule has 34 heavy (non-hydrogen) atoms. The first-order valence-corrected chi connectivity index (χ1v) is 11.2. The van der Waals surface area contributed by atoms with Crippen LogP contribution in [0.5, 0.6) is 5.75 Å². The summed E-state index contributed by atoms with van der Waals surface area (Å²) in [5.74, 6) is -0.904. The van der Waals surface area contributed by atoms with Gasteiger partial charge >= 0.3 is 0 Å². The number of aryl methyl sites for hydroxylation is 1. The number of benzene rings is 3. The Morgan fingerprint density at radius 2 is 1.65 bits per heavy atom. The third-order valence-electron chi connectivity index (χ3n) is 5.49. The molecule has 2 atom stereocenters. The van der Waals surface area contributed by atoms with E-state index in [0.29, 0.717) is 18.5 Å². The van der Waals surface area contributed by atoms with Crippen molar-refractivity contribution in [2.45, 2.75) is 38.0 Å². The second kappa shape index (κ2) is 12.8. The molecule has 1 amide bonds. The molecule has 0 aliphatic rings. The summed E-state index contributed by atoms with van der Waals surface area (Å²) in [6.45, 7) is 0.663. The molecular weight excluding hydrogens is 438 g/mol. The van der Waals surface area contributed by atoms with Gasteiger partial charge in [-0.15, -0.1) is 0 Å². The smallest absolute Gasteiger partial charge is 0.220 e. The average molecular weight is 469 g/mol. The van der Waals surface area contributed by atoms with Crippen LogP contribution in [-0.4, -0.2) is 36.8 Å². The Morgan fingerprint density at radius 3 is 2.35 bits per heavy atom. The summed E-state index contributed by atoms with van der Waals surface area (Å²) < 4.78 is 32.6. The summed E-state index contributed by atoms with van der Waals surface area (Å²) in [6.07, 6.45) is -0.0916. The predicted octanol–water partition coefficient (Wildman–Crippen LogP) is 3.78. The van der Waals surface area contributed by atoms with Crippen molar-refractivity contribution in [2.75, 3.05) is 13.7 Å². The van der Waals surface area contributed by atoms with Gasteiger partial charge < -0.3 is 20.5 Å². The number of nitrogens with one attached hydrogen (secondary N) is 2. The van der Waals surface area contributed by atoms with E-state index in [0.717, 1.165) is 22.9 Å². The molecule has 0 radical (unpaired) electrons. The highest BCUT2D eigenvalue weighted by atomic mass is 19.1. The van der Waals surface area contributed by atoms with Crippen molar-refractivity contribution in [1.29, 1.82) is 0 Å². The molecule has 7 heteroatoms. The molecule has 0 unspecified atom stereocenters. The third kappa shape index (κ3) is 8.24. The Kier molecular flexibility index (Phi) is 9.55. The highest BCUT2D eigenvalue weighted by Gasteiger charge is 2.22. The molecule has 3 N–H and O–H groups in total. The van der Waals surface area contributed by atoms with Crippen LogP contribution >= 0.6 is 0 Å². The van der Waals surface area contributed by atoms with Crippen LogP contribution in [0.25, 0.3) is 0 Å². The first-order chi connectivity index (χ1) is 16.4. The Morgan fingerprint density at radius 1 is 0.941 bits per heavy atom. The molecule has 0 saturated heterocycles. The zero-order valence-corrected chi connectivity index (χ0v) is 19.1. The molecule has 0 aliphatic carbocycles. The van der Waals surface area contributed by atoms with Crippen LogP contribution in [0.3, 0.4) is 0 Å². The quantitative estimate of drug-likeness (QED) is 0.378. The van der Waals surface area contributed by atoms with Crippen LogP contribution < -0.4 is 15.4 Å². The summed E-state index contributed by atoms with van der Waals surface area (Å²) in [5, 5.41) is 16.8. The van der Waals surface area contributed by atoms with Crippen LogP contribution in [0, 0.1) is 11.6 Å². The normalized spacial score (nSPS) is 12.7. The Labute approximate surface area is 198 Å². The topological polar surface area (TPSA) is 70.6 Å². The first kappa shape index (κ1) is 25.3. The van der Waals surface area contributed by atoms with Crippen molar-refractivity contribution < 1.29 is 23.4 Å². The number of aliphatic hydroxyl groups is 1. The molecule has 0 fully saturated rings. The summed E-state index contributed by atoms with van der Waals surface area (Å²) in [6, 6.07) is 19.6. The molecule has 0 aromatic heterocycles. The molecule has 3 rings (SSSR count). The lowest BCUT2D eigenvalue weighted by Crippen LogP contribution is -2.48. The van der Waals surface area contributed by atoms with Crippen LogP contribution in [0.2, 0.25) is 0 Å². The Balaban J connectivity index is 1.62. The van der Waals surface area contributed by atoms with E-state index in [9.17, 15) is 18.7 Å². The molecule has 3 aromatic rings. The molecule has 0 saturated carbocycles. The Bertz CT molecular complexity index is 1040. The van der Waals surface area contributed by atoms with E-state index in [1.165, 1.54) is 12.1 Å². The van der Waals surface area contributed by atoms with Crippen molar-refractivity contribution in [3.8, 4) is 5.75 Å². The fourth-order valence-corrected chi connectivity index (χ4v) is 3.74. The maximum Gasteiger partial charge on any atom is 0.220 e. The van der Waals surface area contributed by atoms with Crippen molar-refractivity contribution in [1.82, 2.24) is 10.6 Å². The van der Waals surface area contributed by atoms with Crippen molar-refractivity contribution in [3.05, 3.63) is 101 Å². The molecular formula is C27H30F2N2O3. The van der Waals surface area contributed by atoms with E-state index in [4.69, 9.17) is 4.74 Å². The van der Waals surface area contributed by atoms with Gasteiger partial charge in [0, 0.05) is 25.6 Å². The van der Waals surface area contributed by atoms with Gasteiger partial charge in [-0.05, 0) is 53.8 Å². The van der Waals surface area contributed by atoms with Crippen LogP contribution in [-0.2, 0) is 24.2 Å². The van der Waals surface area contributed by atoms with Crippen LogP contribution in [0.1, 0.15) is 23.1 Å². The van der Waals surface area contributed by atoms with Gasteiger partial charge in [0.1, 0.15) is 17.4 Å². The number of aliphatic hydroxyl groups excluding tert-OH is 1. The zero-order chi connectivity index (χ0) is 24.3. The van der Waals surface area contributed by atoms with Crippen LogP contribution in [0.4, 0.5) is 8.78 Å². The lowest BCUT2D eigenvalue weighted by atomic mass is 10.00. The number of methoxy groups -OCH3 is 1. The van der Waals surface area contributed by atoms with Gasteiger partial charge in [0.2, 0.25) is 5.91 Å². The molecule has 3 aromatic carbocycles. The standard InChI is InChI=1S/C27H30F2N2O3/c1-34-24-9-5-8-20(14-24)17-30-18-26(32)25(15-21-12-22(28)16-23(29)13-21)31-27(33)11-10-19-6-3-2-4-7-19/h2-9,12-14,16,25-26,30,32H,10-11,15,17-18H2,1H3,(H,31,33)/t25-,26-/m0/s1. The number of rotatable bonds is 12. The zero-order valence-electron chi connectivity index (χ0n) is 19.1. The molecule has 180 valence electrons. The van der Waals surface area contributed by atoms with E-state index in [1.54, 1.807) is 7.11 Å². The summed E-state index contributed by atoms with van der Waals surface area (Å²) >= 11 is 0. The minimum Gasteiger partial charge on any atom is -0.497 e. The number of halogens is 2. The number of carbonyl (C=O) groups excluding carboxylic acids is 1. The van der Waals surface area contributed by atoms with E-state index < -0.39 is 23.8 Å². The predicted molar refractivity (Wildman–Crippen MR) is 127 cm³/mol. The SMILES string of the molecule is COc1cccc(CNC[C@H](O)[C@H](Cc2cc(F)cc(F)c2)NC(=O)CCc2ccccc2)c1. The Hall–Kier alpha value is -3.29. The van der Waals surface area contributed by atoms with Gasteiger partial charge in [0.05, 0.1) is 19.3 Å². The van der Waals surface area contributed by atoms with Gasteiger partial charge in [-0.3, -0.25) is 4.79 Å². The van der Waals surface area contributed by atoms with Gasteiger partial charge in [-0.2, -0.15) is 0 Å². The molecule has 0 bridgehead atoms. The number of hydrogen-bond donors (Lipinski definition) is 3. The second-order valence-electron chi connectivity index (χ2n) is 8.19. The number of ether oxygens (including phenoxy) is 1. The molecule has 0 spiro atoms. The maximum absolute atomic E-state index is 13.7. The van der Waals surface area contributed by atoms with Gasteiger partial charge in [0.15, 0.2) is 0 Å². The minimum atomic E-state index is -0.974. The molecule has 5 nitrogen and oxygen atoms in total. The number of carbonyl (C=O) groups is 1. The third-order valence-corrected chi connectivity index (χ3v) is 5.49. The largest absolute Gasteiger partial charge is 0.497 e. The van der Waals surface area contributed by atoms with Crippen molar-refractivity contribution in [3.63, 3.8) is 0 Å². The van der Waals surface area contributed by atoms with E-state index in [1.807, 2.05) is 54.6 Å². The van der Waals surface area contributed by atoms with Gasteiger partial charge in [-0.25, -0.2) is 8.78 Å². The summed E-state index contributed by atoms with van der Waals surface area (Å²) in [5.41, 5.74) is 2.36. The van der Waals surface area contributed by atoms with E-state index in [2.05, 4.69) is 10.6 Å². The lowest BCUT2D eigenvalue weighted by Gasteiger charge is -2.25. The average Bonchev–Trinajstić information content (AvgIpc) is 2.82. The van der Waals surface area contributed by atoms with Crippen LogP contribution in [0.15, 0.2) is 72.8 Å².